The molecule has 30 heavy (non-hydrogen) atoms. The van der Waals surface area contributed by atoms with Gasteiger partial charge >= 0.3 is 0 Å². The topological polar surface area (TPSA) is 78.8 Å². The molecule has 0 saturated carbocycles. The number of carbonyl (C=O) groups is 1. The number of aryl methyl sites for hydroxylation is 1. The third-order valence-electron chi connectivity index (χ3n) is 5.94. The number of carbonyl (C=O) groups excluding carboxylic acids is 1. The summed E-state index contributed by atoms with van der Waals surface area (Å²) in [5.41, 5.74) is 0.524. The fourth-order valence-electron chi connectivity index (χ4n) is 4.15. The van der Waals surface area contributed by atoms with E-state index in [4.69, 9.17) is 0 Å². The van der Waals surface area contributed by atoms with Crippen LogP contribution < -0.4 is 4.90 Å². The summed E-state index contributed by atoms with van der Waals surface area (Å²) in [6.07, 6.45) is 6.65. The van der Waals surface area contributed by atoms with Gasteiger partial charge in [0, 0.05) is 63.8 Å². The highest BCUT2D eigenvalue weighted by Crippen LogP contribution is 2.22. The predicted molar refractivity (Wildman–Crippen MR) is 115 cm³/mol. The molecule has 4 rings (SSSR count). The van der Waals surface area contributed by atoms with Gasteiger partial charge in [-0.2, -0.15) is 4.31 Å². The molecule has 1 aromatic heterocycles. The summed E-state index contributed by atoms with van der Waals surface area (Å²) in [6.45, 7) is 6.77. The highest BCUT2D eigenvalue weighted by molar-refractivity contribution is 7.89. The number of rotatable bonds is 5. The average molecular weight is 432 g/mol. The van der Waals surface area contributed by atoms with Crippen LogP contribution in [0.25, 0.3) is 0 Å². The highest BCUT2D eigenvalue weighted by atomic mass is 32.2. The maximum atomic E-state index is 12.9. The number of anilines is 1. The fraction of sp³-hybridized carbons (Fsp3) is 0.524. The van der Waals surface area contributed by atoms with Gasteiger partial charge in [-0.1, -0.05) is 6.42 Å². The first-order valence-electron chi connectivity index (χ1n) is 10.7. The van der Waals surface area contributed by atoms with Crippen LogP contribution in [0.3, 0.4) is 0 Å². The van der Waals surface area contributed by atoms with E-state index in [0.717, 1.165) is 44.8 Å². The summed E-state index contributed by atoms with van der Waals surface area (Å²) in [5, 5.41) is 0. The molecular formula is C21H29N5O3S. The van der Waals surface area contributed by atoms with Crippen LogP contribution in [0, 0.1) is 0 Å². The summed E-state index contributed by atoms with van der Waals surface area (Å²) < 4.78 is 29.2. The molecule has 9 heteroatoms. The van der Waals surface area contributed by atoms with Crippen LogP contribution in [0.2, 0.25) is 0 Å². The Morgan fingerprint density at radius 3 is 2.27 bits per heavy atom. The SMILES string of the molecule is CCn1ccnc1N1CCN(C(=O)c2ccc(S(=O)(=O)N3CCCCC3)cc2)CC1. The van der Waals surface area contributed by atoms with Crippen molar-refractivity contribution >= 4 is 21.9 Å². The number of piperidine rings is 1. The average Bonchev–Trinajstić information content (AvgIpc) is 3.28. The minimum Gasteiger partial charge on any atom is -0.339 e. The van der Waals surface area contributed by atoms with Crippen LogP contribution in [0.5, 0.6) is 0 Å². The van der Waals surface area contributed by atoms with E-state index in [-0.39, 0.29) is 10.8 Å². The largest absolute Gasteiger partial charge is 0.339 e. The lowest BCUT2D eigenvalue weighted by Crippen LogP contribution is -2.49. The zero-order chi connectivity index (χ0) is 21.1. The molecule has 1 aromatic carbocycles. The predicted octanol–water partition coefficient (Wildman–Crippen LogP) is 2.04. The summed E-state index contributed by atoms with van der Waals surface area (Å²) >= 11 is 0. The normalized spacial score (nSPS) is 18.6. The molecule has 1 amide bonds. The highest BCUT2D eigenvalue weighted by Gasteiger charge is 2.27. The van der Waals surface area contributed by atoms with Crippen LogP contribution in [0.4, 0.5) is 5.95 Å². The number of hydrogen-bond donors (Lipinski definition) is 0. The standard InChI is InChI=1S/C21H29N5O3S/c1-2-23-13-10-22-21(23)25-16-14-24(15-17-25)20(27)18-6-8-19(9-7-18)30(28,29)26-11-4-3-5-12-26/h6-10,13H,2-5,11-12,14-17H2,1H3. The van der Waals surface area contributed by atoms with E-state index >= 15 is 0 Å². The Bertz CT molecular complexity index is 972. The number of nitrogens with zero attached hydrogens (tertiary/aromatic N) is 5. The van der Waals surface area contributed by atoms with Crippen LogP contribution in [-0.2, 0) is 16.6 Å². The number of amides is 1. The number of aromatic nitrogens is 2. The molecule has 0 spiro atoms. The Morgan fingerprint density at radius 2 is 1.63 bits per heavy atom. The Kier molecular flexibility index (Phi) is 6.10. The summed E-state index contributed by atoms with van der Waals surface area (Å²) in [7, 11) is -3.48. The monoisotopic (exact) mass is 431 g/mol. The van der Waals surface area contributed by atoms with Crippen molar-refractivity contribution in [3.05, 3.63) is 42.2 Å². The molecular weight excluding hydrogens is 402 g/mol. The van der Waals surface area contributed by atoms with Gasteiger partial charge in [0.05, 0.1) is 4.90 Å². The molecule has 0 radical (unpaired) electrons. The molecule has 2 aliphatic rings. The third-order valence-corrected chi connectivity index (χ3v) is 7.85. The molecule has 162 valence electrons. The Balaban J connectivity index is 1.40. The van der Waals surface area contributed by atoms with Gasteiger partial charge in [0.25, 0.3) is 5.91 Å². The van der Waals surface area contributed by atoms with Crippen LogP contribution in [-0.4, -0.2) is 72.3 Å². The van der Waals surface area contributed by atoms with Gasteiger partial charge < -0.3 is 14.4 Å². The summed E-state index contributed by atoms with van der Waals surface area (Å²) in [6, 6.07) is 6.39. The molecule has 3 heterocycles. The van der Waals surface area contributed by atoms with E-state index in [1.54, 1.807) is 34.8 Å². The Hall–Kier alpha value is -2.39. The Morgan fingerprint density at radius 1 is 0.967 bits per heavy atom. The van der Waals surface area contributed by atoms with Crippen molar-refractivity contribution in [2.24, 2.45) is 0 Å². The van der Waals surface area contributed by atoms with E-state index < -0.39 is 10.0 Å². The lowest BCUT2D eigenvalue weighted by Gasteiger charge is -2.35. The maximum absolute atomic E-state index is 12.9. The van der Waals surface area contributed by atoms with Crippen molar-refractivity contribution < 1.29 is 13.2 Å². The van der Waals surface area contributed by atoms with Gasteiger partial charge in [-0.05, 0) is 44.0 Å². The molecule has 0 N–H and O–H groups in total. The van der Waals surface area contributed by atoms with Crippen molar-refractivity contribution in [3.63, 3.8) is 0 Å². The van der Waals surface area contributed by atoms with Crippen molar-refractivity contribution in [2.45, 2.75) is 37.6 Å². The molecule has 0 bridgehead atoms. The van der Waals surface area contributed by atoms with Crippen LogP contribution in [0.15, 0.2) is 41.6 Å². The third kappa shape index (κ3) is 4.09. The minimum absolute atomic E-state index is 0.0598. The first-order valence-corrected chi connectivity index (χ1v) is 12.1. The molecule has 2 fully saturated rings. The Labute approximate surface area is 178 Å². The van der Waals surface area contributed by atoms with Crippen molar-refractivity contribution in [1.29, 1.82) is 0 Å². The van der Waals surface area contributed by atoms with E-state index in [1.807, 2.05) is 11.1 Å². The second kappa shape index (κ2) is 8.77. The van der Waals surface area contributed by atoms with Gasteiger partial charge in [-0.15, -0.1) is 0 Å². The zero-order valence-electron chi connectivity index (χ0n) is 17.4. The lowest BCUT2D eigenvalue weighted by molar-refractivity contribution is 0.0746. The van der Waals surface area contributed by atoms with Gasteiger partial charge in [0.1, 0.15) is 0 Å². The number of sulfonamides is 1. The molecule has 0 aliphatic carbocycles. The van der Waals surface area contributed by atoms with Crippen molar-refractivity contribution in [3.8, 4) is 0 Å². The van der Waals surface area contributed by atoms with Gasteiger partial charge in [0.2, 0.25) is 16.0 Å². The van der Waals surface area contributed by atoms with E-state index in [2.05, 4.69) is 21.4 Å². The minimum atomic E-state index is -3.48. The molecule has 2 saturated heterocycles. The second-order valence-electron chi connectivity index (χ2n) is 7.78. The number of imidazole rings is 1. The fourth-order valence-corrected chi connectivity index (χ4v) is 5.66. The maximum Gasteiger partial charge on any atom is 0.253 e. The summed E-state index contributed by atoms with van der Waals surface area (Å²) in [4.78, 5) is 21.6. The van der Waals surface area contributed by atoms with Crippen molar-refractivity contribution in [1.82, 2.24) is 18.8 Å². The van der Waals surface area contributed by atoms with Gasteiger partial charge in [-0.25, -0.2) is 13.4 Å². The molecule has 0 atom stereocenters. The zero-order valence-corrected chi connectivity index (χ0v) is 18.2. The first-order chi connectivity index (χ1) is 14.5. The molecule has 0 unspecified atom stereocenters. The number of hydrogen-bond acceptors (Lipinski definition) is 5. The van der Waals surface area contributed by atoms with E-state index in [1.165, 1.54) is 0 Å². The smallest absolute Gasteiger partial charge is 0.253 e. The summed E-state index contributed by atoms with van der Waals surface area (Å²) in [5.74, 6) is 0.882. The van der Waals surface area contributed by atoms with Crippen LogP contribution in [0.1, 0.15) is 36.5 Å². The number of piperazine rings is 1. The van der Waals surface area contributed by atoms with Crippen LogP contribution >= 0.6 is 0 Å². The lowest BCUT2D eigenvalue weighted by atomic mass is 10.2. The van der Waals surface area contributed by atoms with Gasteiger partial charge in [0.15, 0.2) is 0 Å². The molecule has 2 aliphatic heterocycles. The second-order valence-corrected chi connectivity index (χ2v) is 9.72. The van der Waals surface area contributed by atoms with E-state index in [0.29, 0.717) is 31.7 Å². The quantitative estimate of drug-likeness (QED) is 0.724. The number of benzene rings is 1. The van der Waals surface area contributed by atoms with Gasteiger partial charge in [-0.3, -0.25) is 4.79 Å². The molecule has 2 aromatic rings. The molecule has 8 nitrogen and oxygen atoms in total. The van der Waals surface area contributed by atoms with E-state index in [9.17, 15) is 13.2 Å². The first kappa shape index (κ1) is 20.9. The van der Waals surface area contributed by atoms with Crippen molar-refractivity contribution in [2.75, 3.05) is 44.2 Å².